The topological polar surface area (TPSA) is 49.8 Å². The maximum Gasteiger partial charge on any atom is 0.191 e. The molecule has 0 bridgehead atoms. The van der Waals surface area contributed by atoms with Crippen LogP contribution < -0.4 is 10.6 Å². The number of benzene rings is 1. The summed E-state index contributed by atoms with van der Waals surface area (Å²) in [6.45, 7) is 0. The van der Waals surface area contributed by atoms with Crippen LogP contribution in [-0.4, -0.2) is 23.3 Å². The van der Waals surface area contributed by atoms with E-state index in [1.165, 1.54) is 17.8 Å². The lowest BCUT2D eigenvalue weighted by atomic mass is 10.3. The molecule has 0 saturated carbocycles. The predicted molar refractivity (Wildman–Crippen MR) is 80.7 cm³/mol. The van der Waals surface area contributed by atoms with Gasteiger partial charge in [0.05, 0.1) is 4.47 Å². The van der Waals surface area contributed by atoms with Crippen molar-refractivity contribution in [1.82, 2.24) is 9.97 Å². The quantitative estimate of drug-likeness (QED) is 0.652. The molecule has 0 fully saturated rings. The zero-order valence-electron chi connectivity index (χ0n) is 10.4. The molecule has 0 aliphatic carbocycles. The van der Waals surface area contributed by atoms with Gasteiger partial charge in [-0.25, -0.2) is 14.4 Å². The second-order valence-corrected chi connectivity index (χ2v) is 5.26. The van der Waals surface area contributed by atoms with E-state index in [9.17, 15) is 4.39 Å². The minimum absolute atomic E-state index is 0.297. The molecule has 0 unspecified atom stereocenters. The lowest BCUT2D eigenvalue weighted by Gasteiger charge is -2.09. The SMILES string of the molecule is CNc1cc(Nc2ccc(F)c(Br)c2)nc(SC)n1. The van der Waals surface area contributed by atoms with E-state index in [2.05, 4.69) is 36.5 Å². The van der Waals surface area contributed by atoms with Crippen LogP contribution in [0.4, 0.5) is 21.7 Å². The molecule has 0 aliphatic heterocycles. The van der Waals surface area contributed by atoms with E-state index < -0.39 is 0 Å². The number of aromatic nitrogens is 2. The van der Waals surface area contributed by atoms with Crippen LogP contribution in [0.1, 0.15) is 0 Å². The second-order valence-electron chi connectivity index (χ2n) is 3.63. The first kappa shape index (κ1) is 14.1. The van der Waals surface area contributed by atoms with Gasteiger partial charge in [0, 0.05) is 18.8 Å². The molecule has 0 spiro atoms. The van der Waals surface area contributed by atoms with Gasteiger partial charge in [-0.3, -0.25) is 0 Å². The van der Waals surface area contributed by atoms with Crippen molar-refractivity contribution in [2.75, 3.05) is 23.9 Å². The van der Waals surface area contributed by atoms with E-state index in [1.807, 2.05) is 6.26 Å². The lowest BCUT2D eigenvalue weighted by Crippen LogP contribution is -2.00. The lowest BCUT2D eigenvalue weighted by molar-refractivity contribution is 0.621. The first-order valence-electron chi connectivity index (χ1n) is 5.45. The number of rotatable bonds is 4. The van der Waals surface area contributed by atoms with Crippen LogP contribution in [0.3, 0.4) is 0 Å². The number of halogens is 2. The molecule has 0 amide bonds. The summed E-state index contributed by atoms with van der Waals surface area (Å²) in [7, 11) is 1.80. The van der Waals surface area contributed by atoms with E-state index in [-0.39, 0.29) is 5.82 Å². The molecule has 7 heteroatoms. The molecule has 19 heavy (non-hydrogen) atoms. The summed E-state index contributed by atoms with van der Waals surface area (Å²) in [6.07, 6.45) is 1.91. The predicted octanol–water partition coefficient (Wildman–Crippen LogP) is 3.89. The zero-order chi connectivity index (χ0) is 13.8. The summed E-state index contributed by atoms with van der Waals surface area (Å²) in [4.78, 5) is 8.61. The van der Waals surface area contributed by atoms with Crippen LogP contribution in [0.25, 0.3) is 0 Å². The Kier molecular flexibility index (Phi) is 4.60. The Balaban J connectivity index is 2.29. The summed E-state index contributed by atoms with van der Waals surface area (Å²) in [5.41, 5.74) is 0.751. The zero-order valence-corrected chi connectivity index (χ0v) is 12.8. The molecular weight excluding hydrogens is 331 g/mol. The molecule has 4 nitrogen and oxygen atoms in total. The fourth-order valence-electron chi connectivity index (χ4n) is 1.43. The highest BCUT2D eigenvalue weighted by molar-refractivity contribution is 9.10. The van der Waals surface area contributed by atoms with Gasteiger partial charge in [-0.15, -0.1) is 0 Å². The molecule has 2 N–H and O–H groups in total. The van der Waals surface area contributed by atoms with Crippen molar-refractivity contribution >= 4 is 45.0 Å². The van der Waals surface area contributed by atoms with Crippen LogP contribution in [0.15, 0.2) is 33.9 Å². The average Bonchev–Trinajstić information content (AvgIpc) is 2.42. The Bertz CT molecular complexity index is 572. The van der Waals surface area contributed by atoms with Crippen molar-refractivity contribution in [1.29, 1.82) is 0 Å². The van der Waals surface area contributed by atoms with Gasteiger partial charge in [0.15, 0.2) is 5.16 Å². The van der Waals surface area contributed by atoms with Crippen LogP contribution in [0.2, 0.25) is 0 Å². The van der Waals surface area contributed by atoms with Crippen LogP contribution >= 0.6 is 27.7 Å². The maximum absolute atomic E-state index is 13.2. The molecule has 2 rings (SSSR count). The number of nitrogens with zero attached hydrogens (tertiary/aromatic N) is 2. The smallest absolute Gasteiger partial charge is 0.191 e. The summed E-state index contributed by atoms with van der Waals surface area (Å²) < 4.78 is 13.6. The van der Waals surface area contributed by atoms with E-state index in [0.29, 0.717) is 15.4 Å². The fraction of sp³-hybridized carbons (Fsp3) is 0.167. The molecule has 1 aromatic heterocycles. The Hall–Kier alpha value is -1.34. The molecule has 100 valence electrons. The molecular formula is C12H12BrFN4S. The summed E-state index contributed by atoms with van der Waals surface area (Å²) in [6, 6.07) is 6.49. The van der Waals surface area contributed by atoms with Gasteiger partial charge in [0.2, 0.25) is 0 Å². The molecule has 0 radical (unpaired) electrons. The van der Waals surface area contributed by atoms with Crippen molar-refractivity contribution < 1.29 is 4.39 Å². The minimum atomic E-state index is -0.297. The van der Waals surface area contributed by atoms with Crippen molar-refractivity contribution in [3.8, 4) is 0 Å². The fourth-order valence-corrected chi connectivity index (χ4v) is 2.19. The third-order valence-corrected chi connectivity index (χ3v) is 3.49. The van der Waals surface area contributed by atoms with Gasteiger partial charge in [-0.05, 0) is 40.4 Å². The number of thioether (sulfide) groups is 1. The Morgan fingerprint density at radius 1 is 1.21 bits per heavy atom. The largest absolute Gasteiger partial charge is 0.373 e. The standard InChI is InChI=1S/C12H12BrFN4S/c1-15-10-6-11(18-12(17-10)19-2)16-7-3-4-9(14)8(13)5-7/h3-6H,1-2H3,(H2,15,16,17,18). The van der Waals surface area contributed by atoms with Crippen molar-refractivity contribution in [2.45, 2.75) is 5.16 Å². The minimum Gasteiger partial charge on any atom is -0.373 e. The number of anilines is 3. The highest BCUT2D eigenvalue weighted by Gasteiger charge is 2.05. The average molecular weight is 343 g/mol. The molecule has 0 saturated heterocycles. The molecule has 2 aromatic rings. The van der Waals surface area contributed by atoms with Gasteiger partial charge < -0.3 is 10.6 Å². The third kappa shape index (κ3) is 3.57. The van der Waals surface area contributed by atoms with Crippen molar-refractivity contribution in [3.63, 3.8) is 0 Å². The summed E-state index contributed by atoms with van der Waals surface area (Å²) in [5, 5.41) is 6.76. The van der Waals surface area contributed by atoms with E-state index in [0.717, 1.165) is 11.5 Å². The van der Waals surface area contributed by atoms with E-state index >= 15 is 0 Å². The number of hydrogen-bond donors (Lipinski definition) is 2. The monoisotopic (exact) mass is 342 g/mol. The highest BCUT2D eigenvalue weighted by Crippen LogP contribution is 2.24. The van der Waals surface area contributed by atoms with Gasteiger partial charge in [0.25, 0.3) is 0 Å². The van der Waals surface area contributed by atoms with E-state index in [4.69, 9.17) is 0 Å². The van der Waals surface area contributed by atoms with E-state index in [1.54, 1.807) is 25.2 Å². The number of hydrogen-bond acceptors (Lipinski definition) is 5. The molecule has 0 atom stereocenters. The first-order valence-corrected chi connectivity index (χ1v) is 7.47. The van der Waals surface area contributed by atoms with Gasteiger partial charge in [-0.2, -0.15) is 0 Å². The van der Waals surface area contributed by atoms with Crippen molar-refractivity contribution in [3.05, 3.63) is 34.6 Å². The number of nitrogens with one attached hydrogen (secondary N) is 2. The Morgan fingerprint density at radius 2 is 1.95 bits per heavy atom. The van der Waals surface area contributed by atoms with Crippen LogP contribution in [0, 0.1) is 5.82 Å². The Labute approximate surface area is 123 Å². The van der Waals surface area contributed by atoms with Crippen LogP contribution in [-0.2, 0) is 0 Å². The Morgan fingerprint density at radius 3 is 2.58 bits per heavy atom. The molecule has 0 aliphatic rings. The molecule has 1 aromatic carbocycles. The highest BCUT2D eigenvalue weighted by atomic mass is 79.9. The van der Waals surface area contributed by atoms with Gasteiger partial charge in [0.1, 0.15) is 17.5 Å². The normalized spacial score (nSPS) is 10.3. The third-order valence-electron chi connectivity index (χ3n) is 2.34. The van der Waals surface area contributed by atoms with Crippen molar-refractivity contribution in [2.24, 2.45) is 0 Å². The van der Waals surface area contributed by atoms with Gasteiger partial charge >= 0.3 is 0 Å². The summed E-state index contributed by atoms with van der Waals surface area (Å²) >= 11 is 4.61. The van der Waals surface area contributed by atoms with Gasteiger partial charge in [-0.1, -0.05) is 11.8 Å². The first-order chi connectivity index (χ1) is 9.12. The van der Waals surface area contributed by atoms with Crippen LogP contribution in [0.5, 0.6) is 0 Å². The second kappa shape index (κ2) is 6.21. The molecule has 1 heterocycles. The summed E-state index contributed by atoms with van der Waals surface area (Å²) in [5.74, 6) is 1.08. The maximum atomic E-state index is 13.2.